The van der Waals surface area contributed by atoms with Crippen LogP contribution in [0.25, 0.3) is 0 Å². The number of rotatable bonds is 6. The van der Waals surface area contributed by atoms with E-state index >= 15 is 0 Å². The summed E-state index contributed by atoms with van der Waals surface area (Å²) in [6, 6.07) is 6.39. The van der Waals surface area contributed by atoms with Crippen LogP contribution in [0.3, 0.4) is 0 Å². The van der Waals surface area contributed by atoms with Crippen LogP contribution in [-0.2, 0) is 6.54 Å². The van der Waals surface area contributed by atoms with Crippen molar-refractivity contribution in [2.24, 2.45) is 5.73 Å². The van der Waals surface area contributed by atoms with E-state index in [1.165, 1.54) is 12.1 Å². The van der Waals surface area contributed by atoms with Crippen molar-refractivity contribution in [3.63, 3.8) is 0 Å². The summed E-state index contributed by atoms with van der Waals surface area (Å²) in [4.78, 5) is 0. The Balaban J connectivity index is 2.44. The predicted molar refractivity (Wildman–Crippen MR) is 59.3 cm³/mol. The number of nitriles is 1. The summed E-state index contributed by atoms with van der Waals surface area (Å²) in [5.41, 5.74) is 6.15. The van der Waals surface area contributed by atoms with Crippen LogP contribution < -0.4 is 10.5 Å². The second-order valence-corrected chi connectivity index (χ2v) is 3.42. The normalized spacial score (nSPS) is 9.81. The third kappa shape index (κ3) is 3.87. The first-order valence-corrected chi connectivity index (χ1v) is 5.26. The van der Waals surface area contributed by atoms with Crippen molar-refractivity contribution in [1.82, 2.24) is 0 Å². The third-order valence-electron chi connectivity index (χ3n) is 2.18. The van der Waals surface area contributed by atoms with Crippen LogP contribution in [0.2, 0.25) is 0 Å². The lowest BCUT2D eigenvalue weighted by atomic mass is 10.2. The van der Waals surface area contributed by atoms with Crippen molar-refractivity contribution in [1.29, 1.82) is 5.26 Å². The van der Waals surface area contributed by atoms with Crippen molar-refractivity contribution >= 4 is 0 Å². The zero-order chi connectivity index (χ0) is 11.8. The molecule has 0 saturated carbocycles. The predicted octanol–water partition coefficient (Wildman–Crippen LogP) is 2.36. The van der Waals surface area contributed by atoms with Crippen LogP contribution in [0.5, 0.6) is 5.75 Å². The van der Waals surface area contributed by atoms with Crippen LogP contribution in [-0.4, -0.2) is 6.61 Å². The highest BCUT2D eigenvalue weighted by atomic mass is 19.1. The van der Waals surface area contributed by atoms with Crippen molar-refractivity contribution < 1.29 is 9.13 Å². The van der Waals surface area contributed by atoms with Gasteiger partial charge in [0, 0.05) is 18.5 Å². The Bertz CT molecular complexity index is 374. The number of benzene rings is 1. The maximum absolute atomic E-state index is 12.9. The van der Waals surface area contributed by atoms with E-state index in [1.54, 1.807) is 6.07 Å². The lowest BCUT2D eigenvalue weighted by molar-refractivity contribution is 0.304. The first-order valence-electron chi connectivity index (χ1n) is 5.26. The Morgan fingerprint density at radius 1 is 1.38 bits per heavy atom. The third-order valence-corrected chi connectivity index (χ3v) is 2.18. The van der Waals surface area contributed by atoms with E-state index in [0.29, 0.717) is 24.3 Å². The van der Waals surface area contributed by atoms with E-state index < -0.39 is 0 Å². The quantitative estimate of drug-likeness (QED) is 0.751. The van der Waals surface area contributed by atoms with Crippen molar-refractivity contribution in [2.75, 3.05) is 6.61 Å². The van der Waals surface area contributed by atoms with Crippen LogP contribution in [0.1, 0.15) is 24.8 Å². The molecule has 0 amide bonds. The van der Waals surface area contributed by atoms with Gasteiger partial charge in [-0.25, -0.2) is 4.39 Å². The molecular formula is C12H15FN2O. The van der Waals surface area contributed by atoms with E-state index in [4.69, 9.17) is 15.7 Å². The van der Waals surface area contributed by atoms with Gasteiger partial charge in [-0.1, -0.05) is 0 Å². The molecule has 0 aromatic heterocycles. The average Bonchev–Trinajstić information content (AvgIpc) is 2.30. The summed E-state index contributed by atoms with van der Waals surface area (Å²) >= 11 is 0. The largest absolute Gasteiger partial charge is 0.493 e. The zero-order valence-electron chi connectivity index (χ0n) is 9.08. The minimum absolute atomic E-state index is 0.255. The Kier molecular flexibility index (Phi) is 5.30. The Morgan fingerprint density at radius 3 is 2.88 bits per heavy atom. The maximum atomic E-state index is 12.9. The van der Waals surface area contributed by atoms with Gasteiger partial charge in [-0.3, -0.25) is 0 Å². The first-order chi connectivity index (χ1) is 7.77. The number of nitrogens with two attached hydrogens (primary N) is 1. The molecule has 0 saturated heterocycles. The van der Waals surface area contributed by atoms with Crippen molar-refractivity contribution in [3.05, 3.63) is 29.6 Å². The molecule has 0 fully saturated rings. The molecule has 86 valence electrons. The molecule has 0 aliphatic carbocycles. The zero-order valence-corrected chi connectivity index (χ0v) is 9.08. The molecule has 16 heavy (non-hydrogen) atoms. The molecule has 2 N–H and O–H groups in total. The van der Waals surface area contributed by atoms with Gasteiger partial charge in [-0.2, -0.15) is 5.26 Å². The lowest BCUT2D eigenvalue weighted by Gasteiger charge is -2.09. The fraction of sp³-hybridized carbons (Fsp3) is 0.417. The van der Waals surface area contributed by atoms with Crippen LogP contribution >= 0.6 is 0 Å². The number of halogens is 1. The van der Waals surface area contributed by atoms with Gasteiger partial charge < -0.3 is 10.5 Å². The molecule has 3 nitrogen and oxygen atoms in total. The minimum atomic E-state index is -0.308. The molecule has 1 aromatic rings. The van der Waals surface area contributed by atoms with Gasteiger partial charge in [0.2, 0.25) is 0 Å². The number of ether oxygens (including phenoxy) is 1. The molecule has 0 aliphatic rings. The maximum Gasteiger partial charge on any atom is 0.123 e. The number of unbranched alkanes of at least 4 members (excludes halogenated alkanes) is 2. The molecule has 4 heteroatoms. The fourth-order valence-corrected chi connectivity index (χ4v) is 1.34. The average molecular weight is 222 g/mol. The number of hydrogen-bond acceptors (Lipinski definition) is 3. The van der Waals surface area contributed by atoms with Crippen molar-refractivity contribution in [2.45, 2.75) is 25.8 Å². The summed E-state index contributed by atoms with van der Waals surface area (Å²) in [7, 11) is 0. The molecule has 1 rings (SSSR count). The SMILES string of the molecule is N#CCCCCOc1ccc(F)cc1CN. The topological polar surface area (TPSA) is 59.0 Å². The molecule has 0 bridgehead atoms. The van der Waals surface area contributed by atoms with E-state index in [-0.39, 0.29) is 12.4 Å². The van der Waals surface area contributed by atoms with E-state index in [2.05, 4.69) is 6.07 Å². The second kappa shape index (κ2) is 6.81. The standard InChI is InChI=1S/C12H15FN2O/c13-11-4-5-12(10(8-11)9-15)16-7-3-1-2-6-14/h4-5,8H,1-3,7,9,15H2. The molecule has 0 spiro atoms. The molecular weight excluding hydrogens is 207 g/mol. The molecule has 0 atom stereocenters. The lowest BCUT2D eigenvalue weighted by Crippen LogP contribution is -2.04. The van der Waals surface area contributed by atoms with Gasteiger partial charge in [0.05, 0.1) is 12.7 Å². The Labute approximate surface area is 94.6 Å². The molecule has 0 unspecified atom stereocenters. The molecule has 0 aliphatic heterocycles. The first kappa shape index (κ1) is 12.5. The highest BCUT2D eigenvalue weighted by molar-refractivity contribution is 5.33. The molecule has 0 heterocycles. The number of hydrogen-bond donors (Lipinski definition) is 1. The summed E-state index contributed by atoms with van der Waals surface area (Å²) in [6.45, 7) is 0.783. The van der Waals surface area contributed by atoms with Gasteiger partial charge in [-0.15, -0.1) is 0 Å². The van der Waals surface area contributed by atoms with Crippen LogP contribution in [0, 0.1) is 17.1 Å². The summed E-state index contributed by atoms with van der Waals surface area (Å²) in [6.07, 6.45) is 2.17. The van der Waals surface area contributed by atoms with Gasteiger partial charge in [-0.05, 0) is 31.0 Å². The van der Waals surface area contributed by atoms with Gasteiger partial charge in [0.15, 0.2) is 0 Å². The van der Waals surface area contributed by atoms with E-state index in [0.717, 1.165) is 12.8 Å². The fourth-order valence-electron chi connectivity index (χ4n) is 1.34. The molecule has 0 radical (unpaired) electrons. The van der Waals surface area contributed by atoms with Gasteiger partial charge in [0.25, 0.3) is 0 Å². The summed E-state index contributed by atoms with van der Waals surface area (Å²) in [5, 5.41) is 8.35. The molecule has 1 aromatic carbocycles. The number of nitrogens with zero attached hydrogens (tertiary/aromatic N) is 1. The van der Waals surface area contributed by atoms with E-state index in [9.17, 15) is 4.39 Å². The van der Waals surface area contributed by atoms with Crippen molar-refractivity contribution in [3.8, 4) is 11.8 Å². The second-order valence-electron chi connectivity index (χ2n) is 3.42. The summed E-state index contributed by atoms with van der Waals surface area (Å²) in [5.74, 6) is 0.318. The van der Waals surface area contributed by atoms with Gasteiger partial charge >= 0.3 is 0 Å². The van der Waals surface area contributed by atoms with E-state index in [1.807, 2.05) is 0 Å². The monoisotopic (exact) mass is 222 g/mol. The Hall–Kier alpha value is -1.60. The Morgan fingerprint density at radius 2 is 2.19 bits per heavy atom. The van der Waals surface area contributed by atoms with Gasteiger partial charge in [0.1, 0.15) is 11.6 Å². The minimum Gasteiger partial charge on any atom is -0.493 e. The summed E-state index contributed by atoms with van der Waals surface area (Å²) < 4.78 is 18.3. The smallest absolute Gasteiger partial charge is 0.123 e. The van der Waals surface area contributed by atoms with Crippen LogP contribution in [0.4, 0.5) is 4.39 Å². The highest BCUT2D eigenvalue weighted by Gasteiger charge is 2.03. The highest BCUT2D eigenvalue weighted by Crippen LogP contribution is 2.19. The van der Waals surface area contributed by atoms with Crippen LogP contribution in [0.15, 0.2) is 18.2 Å².